The lowest BCUT2D eigenvalue weighted by Gasteiger charge is -2.31. The topological polar surface area (TPSA) is 194 Å². The van der Waals surface area contributed by atoms with Crippen molar-refractivity contribution in [3.63, 3.8) is 0 Å². The number of nitrogens with two attached hydrogens (primary N) is 1. The van der Waals surface area contributed by atoms with Gasteiger partial charge in [0, 0.05) is 58.9 Å². The van der Waals surface area contributed by atoms with E-state index in [0.717, 1.165) is 72.8 Å². The summed E-state index contributed by atoms with van der Waals surface area (Å²) < 4.78 is 35.2. The van der Waals surface area contributed by atoms with Crippen LogP contribution < -0.4 is 30.0 Å². The number of ether oxygens (including phenoxy) is 4. The molecule has 2 unspecified atom stereocenters. The monoisotopic (exact) mass is 918 g/mol. The molecule has 0 bridgehead atoms. The standard InChI is InChI=1S/C19H23BrN4O4.C10H15N3O3.C9H10BrNO2/c1-23-5-7-24(8-6-23)11-13-9-22-19(28-13)18(25)21-10-14-12-26-16-4-2-3-15(20)17(16)27-14;1-12-2-4-13(5-3-12)7-8-6-11-9(16-8)10(14)15;10-7-2-1-3-8-9(7)13-6(4-11)5-12-8/h2-4,9,14H,5-8,10-12H2,1H3,(H,21,25);6H,2-5,7H2,1H3,(H,14,15);1-3,6H,4-5,11H2. The Morgan fingerprint density at radius 3 is 1.72 bits per heavy atom. The Morgan fingerprint density at radius 2 is 1.23 bits per heavy atom. The fourth-order valence-corrected chi connectivity index (χ4v) is 7.00. The summed E-state index contributed by atoms with van der Waals surface area (Å²) in [5.74, 6) is 2.55. The lowest BCUT2D eigenvalue weighted by Crippen LogP contribution is -2.43. The maximum absolute atomic E-state index is 12.4. The number of carboxylic acids is 1. The zero-order chi connectivity index (χ0) is 40.3. The van der Waals surface area contributed by atoms with E-state index in [-0.39, 0.29) is 29.9 Å². The molecule has 2 atom stereocenters. The van der Waals surface area contributed by atoms with Gasteiger partial charge in [-0.25, -0.2) is 14.8 Å². The third-order valence-corrected chi connectivity index (χ3v) is 10.7. The zero-order valence-electron chi connectivity index (χ0n) is 31.9. The number of halogens is 2. The maximum Gasteiger partial charge on any atom is 0.392 e. The average Bonchev–Trinajstić information content (AvgIpc) is 3.90. The van der Waals surface area contributed by atoms with Crippen LogP contribution in [0.2, 0.25) is 0 Å². The summed E-state index contributed by atoms with van der Waals surface area (Å²) >= 11 is 6.84. The first kappa shape index (κ1) is 42.4. The molecular formula is C38H48Br2N8O9. The molecule has 6 heterocycles. The number of carbonyl (C=O) groups excluding carboxylic acids is 1. The number of benzene rings is 2. The highest BCUT2D eigenvalue weighted by Crippen LogP contribution is 2.39. The molecule has 8 rings (SSSR count). The molecule has 0 aliphatic carbocycles. The molecule has 2 fully saturated rings. The van der Waals surface area contributed by atoms with E-state index in [9.17, 15) is 9.59 Å². The Kier molecular flexibility index (Phi) is 15.2. The van der Waals surface area contributed by atoms with Crippen molar-refractivity contribution in [2.45, 2.75) is 25.3 Å². The minimum Gasteiger partial charge on any atom is -0.486 e. The second kappa shape index (κ2) is 20.4. The second-order valence-electron chi connectivity index (χ2n) is 13.9. The third kappa shape index (κ3) is 12.1. The van der Waals surface area contributed by atoms with E-state index in [1.165, 1.54) is 6.20 Å². The van der Waals surface area contributed by atoms with Gasteiger partial charge in [0.15, 0.2) is 29.1 Å². The predicted octanol–water partition coefficient (Wildman–Crippen LogP) is 3.42. The van der Waals surface area contributed by atoms with Crippen LogP contribution in [0.15, 0.2) is 66.6 Å². The Bertz CT molecular complexity index is 1930. The molecule has 2 aromatic heterocycles. The van der Waals surface area contributed by atoms with Gasteiger partial charge in [0.25, 0.3) is 5.89 Å². The zero-order valence-corrected chi connectivity index (χ0v) is 35.1. The minimum absolute atomic E-state index is 0.0359. The van der Waals surface area contributed by atoms with Gasteiger partial charge in [-0.2, -0.15) is 0 Å². The molecule has 4 N–H and O–H groups in total. The molecule has 0 radical (unpaired) electrons. The minimum atomic E-state index is -1.12. The number of oxazole rings is 2. The SMILES string of the molecule is CN1CCN(Cc2cnc(C(=O)NCC3COc4cccc(Br)c4O3)o2)CC1.CN1CCN(Cc2cnc(C(=O)O)o2)CC1.NCC1COc2cccc(Br)c2O1. The molecule has 4 aliphatic heterocycles. The van der Waals surface area contributed by atoms with Gasteiger partial charge in [-0.15, -0.1) is 0 Å². The van der Waals surface area contributed by atoms with E-state index in [1.807, 2.05) is 36.4 Å². The number of likely N-dealkylation sites (N-methyl/N-ethyl adjacent to an activating group) is 2. The first-order valence-electron chi connectivity index (χ1n) is 18.6. The van der Waals surface area contributed by atoms with Crippen LogP contribution in [0.1, 0.15) is 32.9 Å². The molecule has 4 aromatic rings. The fraction of sp³-hybridized carbons (Fsp3) is 0.474. The molecule has 19 heteroatoms. The molecular weight excluding hydrogens is 872 g/mol. The number of aromatic nitrogens is 2. The van der Waals surface area contributed by atoms with E-state index >= 15 is 0 Å². The smallest absolute Gasteiger partial charge is 0.392 e. The first-order chi connectivity index (χ1) is 27.5. The third-order valence-electron chi connectivity index (χ3n) is 9.47. The quantitative estimate of drug-likeness (QED) is 0.221. The number of aromatic carboxylic acids is 1. The van der Waals surface area contributed by atoms with Crippen LogP contribution in [-0.2, 0) is 13.1 Å². The highest BCUT2D eigenvalue weighted by atomic mass is 79.9. The lowest BCUT2D eigenvalue weighted by molar-refractivity contribution is 0.0647. The molecule has 1 amide bonds. The molecule has 57 heavy (non-hydrogen) atoms. The van der Waals surface area contributed by atoms with Crippen LogP contribution in [0.4, 0.5) is 0 Å². The van der Waals surface area contributed by atoms with E-state index in [4.69, 9.17) is 38.6 Å². The predicted molar refractivity (Wildman–Crippen MR) is 215 cm³/mol. The van der Waals surface area contributed by atoms with Crippen molar-refractivity contribution >= 4 is 43.7 Å². The number of hydrogen-bond acceptors (Lipinski definition) is 15. The Balaban J connectivity index is 0.000000160. The summed E-state index contributed by atoms with van der Waals surface area (Å²) in [6.45, 7) is 11.0. The molecule has 0 spiro atoms. The first-order valence-corrected chi connectivity index (χ1v) is 20.2. The molecule has 4 aliphatic rings. The van der Waals surface area contributed by atoms with Crippen LogP contribution in [-0.4, -0.2) is 152 Å². The largest absolute Gasteiger partial charge is 0.486 e. The molecule has 2 saturated heterocycles. The Labute approximate surface area is 347 Å². The van der Waals surface area contributed by atoms with Crippen molar-refractivity contribution in [3.8, 4) is 23.0 Å². The van der Waals surface area contributed by atoms with Crippen molar-refractivity contribution in [1.82, 2.24) is 34.9 Å². The van der Waals surface area contributed by atoms with Crippen LogP contribution in [0.25, 0.3) is 0 Å². The van der Waals surface area contributed by atoms with Gasteiger partial charge in [-0.1, -0.05) is 12.1 Å². The number of amides is 1. The van der Waals surface area contributed by atoms with Crippen LogP contribution in [0, 0.1) is 0 Å². The molecule has 0 saturated carbocycles. The Hall–Kier alpha value is -4.24. The van der Waals surface area contributed by atoms with Crippen LogP contribution in [0.3, 0.4) is 0 Å². The van der Waals surface area contributed by atoms with E-state index in [2.05, 4.69) is 80.8 Å². The van der Waals surface area contributed by atoms with Gasteiger partial charge < -0.3 is 53.7 Å². The lowest BCUT2D eigenvalue weighted by atomic mass is 10.2. The normalized spacial score (nSPS) is 19.7. The number of piperazine rings is 2. The molecule has 2 aromatic carbocycles. The van der Waals surface area contributed by atoms with Crippen molar-refractivity contribution in [1.29, 1.82) is 0 Å². The maximum atomic E-state index is 12.4. The van der Waals surface area contributed by atoms with Crippen LogP contribution in [0.5, 0.6) is 23.0 Å². The number of nitrogens with one attached hydrogen (secondary N) is 1. The van der Waals surface area contributed by atoms with Crippen molar-refractivity contribution < 1.29 is 42.5 Å². The van der Waals surface area contributed by atoms with Gasteiger partial charge >= 0.3 is 17.8 Å². The highest BCUT2D eigenvalue weighted by molar-refractivity contribution is 9.11. The fourth-order valence-electron chi connectivity index (χ4n) is 6.12. The molecule has 17 nitrogen and oxygen atoms in total. The number of carbonyl (C=O) groups is 2. The van der Waals surface area contributed by atoms with Crippen molar-refractivity contribution in [3.05, 3.63) is 81.0 Å². The number of hydrogen-bond donors (Lipinski definition) is 3. The molecule has 308 valence electrons. The number of carboxylic acid groups (broad SMARTS) is 1. The number of para-hydroxylation sites is 2. The van der Waals surface area contributed by atoms with E-state index in [1.54, 1.807) is 6.20 Å². The highest BCUT2D eigenvalue weighted by Gasteiger charge is 2.25. The van der Waals surface area contributed by atoms with Gasteiger partial charge in [0.05, 0.1) is 41.0 Å². The Morgan fingerprint density at radius 1 is 0.754 bits per heavy atom. The number of nitrogens with zero attached hydrogens (tertiary/aromatic N) is 6. The summed E-state index contributed by atoms with van der Waals surface area (Å²) in [5.41, 5.74) is 5.49. The summed E-state index contributed by atoms with van der Waals surface area (Å²) in [6.07, 6.45) is 2.80. The summed E-state index contributed by atoms with van der Waals surface area (Å²) in [5, 5.41) is 11.5. The van der Waals surface area contributed by atoms with Crippen molar-refractivity contribution in [2.75, 3.05) is 92.8 Å². The van der Waals surface area contributed by atoms with Gasteiger partial charge in [0.1, 0.15) is 30.8 Å². The van der Waals surface area contributed by atoms with Crippen molar-refractivity contribution in [2.24, 2.45) is 5.73 Å². The second-order valence-corrected chi connectivity index (χ2v) is 15.6. The summed E-state index contributed by atoms with van der Waals surface area (Å²) in [7, 11) is 4.21. The average molecular weight is 921 g/mol. The van der Waals surface area contributed by atoms with Crippen LogP contribution >= 0.6 is 31.9 Å². The summed E-state index contributed by atoms with van der Waals surface area (Å²) in [4.78, 5) is 39.8. The van der Waals surface area contributed by atoms with Gasteiger partial charge in [-0.05, 0) is 70.2 Å². The summed E-state index contributed by atoms with van der Waals surface area (Å²) in [6, 6.07) is 11.3. The number of rotatable bonds is 9. The van der Waals surface area contributed by atoms with Gasteiger partial charge in [0.2, 0.25) is 0 Å². The number of fused-ring (bicyclic) bond motifs is 2. The van der Waals surface area contributed by atoms with E-state index in [0.29, 0.717) is 62.4 Å². The van der Waals surface area contributed by atoms with E-state index < -0.39 is 5.97 Å². The van der Waals surface area contributed by atoms with Gasteiger partial charge in [-0.3, -0.25) is 14.6 Å².